The Labute approximate surface area is 207 Å². The Kier molecular flexibility index (Phi) is 4.54. The Hall–Kier alpha value is -3.35. The second-order valence-corrected chi connectivity index (χ2v) is 10.1. The van der Waals surface area contributed by atoms with Crippen LogP contribution in [0.15, 0.2) is 66.7 Å². The number of hydrogen-bond acceptors (Lipinski definition) is 5. The highest BCUT2D eigenvalue weighted by Gasteiger charge is 2.69. The standard InChI is InChI=1S/C28H23ClN2O4/c29-18-9-10-20-19(14-18)28(27(33)30-20)25(26(32)17-8-11-22-23(13-17)35-15-34-22)24(16-5-2-1-3-6-16)21-7-4-12-31(21)28/h1-3,5-6,8-11,13-14,21,24-25H,4,7,12,15H2,(H,30,33)/t21?,24?,25?,28-/m1/s1. The smallest absolute Gasteiger partial charge is 0.250 e. The van der Waals surface area contributed by atoms with Gasteiger partial charge in [-0.15, -0.1) is 0 Å². The normalized spacial score (nSPS) is 28.3. The number of benzene rings is 3. The van der Waals surface area contributed by atoms with Gasteiger partial charge >= 0.3 is 0 Å². The van der Waals surface area contributed by atoms with E-state index in [-0.39, 0.29) is 30.4 Å². The van der Waals surface area contributed by atoms with Crippen molar-refractivity contribution in [2.75, 3.05) is 18.7 Å². The van der Waals surface area contributed by atoms with Crippen molar-refractivity contribution in [2.24, 2.45) is 5.92 Å². The number of fused-ring (bicyclic) bond motifs is 5. The molecule has 2 saturated heterocycles. The lowest BCUT2D eigenvalue weighted by Crippen LogP contribution is -2.52. The summed E-state index contributed by atoms with van der Waals surface area (Å²) in [7, 11) is 0. The molecule has 0 aromatic heterocycles. The Bertz CT molecular complexity index is 1380. The minimum Gasteiger partial charge on any atom is -0.454 e. The number of nitrogens with one attached hydrogen (secondary N) is 1. The predicted octanol–water partition coefficient (Wildman–Crippen LogP) is 4.98. The van der Waals surface area contributed by atoms with Gasteiger partial charge in [-0.1, -0.05) is 41.9 Å². The lowest BCUT2D eigenvalue weighted by atomic mass is 9.69. The largest absolute Gasteiger partial charge is 0.454 e. The SMILES string of the molecule is O=C(c1ccc2c(c1)OCO2)C1C(c2ccccc2)C2CCCN2[C@@]12C(=O)Nc1ccc(Cl)cc12. The Morgan fingerprint density at radius 2 is 1.86 bits per heavy atom. The fourth-order valence-corrected chi connectivity index (χ4v) is 6.98. The van der Waals surface area contributed by atoms with Crippen molar-refractivity contribution in [2.45, 2.75) is 30.3 Å². The van der Waals surface area contributed by atoms with Crippen molar-refractivity contribution in [1.29, 1.82) is 0 Å². The molecule has 0 radical (unpaired) electrons. The van der Waals surface area contributed by atoms with Crippen LogP contribution < -0.4 is 14.8 Å². The zero-order valence-electron chi connectivity index (χ0n) is 18.9. The second kappa shape index (κ2) is 7.57. The summed E-state index contributed by atoms with van der Waals surface area (Å²) in [4.78, 5) is 30.8. The topological polar surface area (TPSA) is 67.9 Å². The number of hydrogen-bond donors (Lipinski definition) is 1. The van der Waals surface area contributed by atoms with E-state index >= 15 is 0 Å². The fourth-order valence-electron chi connectivity index (χ4n) is 6.81. The van der Waals surface area contributed by atoms with Gasteiger partial charge in [0, 0.05) is 33.8 Å². The molecular weight excluding hydrogens is 464 g/mol. The highest BCUT2D eigenvalue weighted by Crippen LogP contribution is 2.61. The number of halogens is 1. The summed E-state index contributed by atoms with van der Waals surface area (Å²) in [6.07, 6.45) is 1.90. The van der Waals surface area contributed by atoms with Crippen molar-refractivity contribution < 1.29 is 19.1 Å². The average Bonchev–Trinajstić information content (AvgIpc) is 3.63. The molecule has 0 bridgehead atoms. The maximum absolute atomic E-state index is 14.5. The van der Waals surface area contributed by atoms with E-state index < -0.39 is 11.5 Å². The quantitative estimate of drug-likeness (QED) is 0.529. The molecule has 1 spiro atoms. The summed E-state index contributed by atoms with van der Waals surface area (Å²) in [6.45, 7) is 0.884. The zero-order valence-corrected chi connectivity index (χ0v) is 19.6. The zero-order chi connectivity index (χ0) is 23.7. The predicted molar refractivity (Wildman–Crippen MR) is 131 cm³/mol. The van der Waals surface area contributed by atoms with Crippen LogP contribution in [-0.2, 0) is 10.3 Å². The van der Waals surface area contributed by atoms with Crippen molar-refractivity contribution in [1.82, 2.24) is 4.90 Å². The first kappa shape index (κ1) is 21.0. The van der Waals surface area contributed by atoms with E-state index in [1.807, 2.05) is 30.3 Å². The van der Waals surface area contributed by atoms with Crippen LogP contribution >= 0.6 is 11.6 Å². The number of ketones is 1. The molecule has 176 valence electrons. The van der Waals surface area contributed by atoms with E-state index in [4.69, 9.17) is 21.1 Å². The van der Waals surface area contributed by atoms with Gasteiger partial charge in [-0.2, -0.15) is 0 Å². The third-order valence-corrected chi connectivity index (χ3v) is 8.32. The van der Waals surface area contributed by atoms with Crippen LogP contribution in [0.5, 0.6) is 11.5 Å². The molecule has 3 aromatic carbocycles. The summed E-state index contributed by atoms with van der Waals surface area (Å²) >= 11 is 6.46. The molecular formula is C28H23ClN2O4. The van der Waals surface area contributed by atoms with Crippen LogP contribution in [-0.4, -0.2) is 36.0 Å². The highest BCUT2D eigenvalue weighted by molar-refractivity contribution is 6.31. The summed E-state index contributed by atoms with van der Waals surface area (Å²) in [5.41, 5.74) is 1.98. The average molecular weight is 487 g/mol. The maximum atomic E-state index is 14.5. The summed E-state index contributed by atoms with van der Waals surface area (Å²) in [5.74, 6) is 0.175. The number of ether oxygens (including phenoxy) is 2. The molecule has 1 amide bonds. The molecule has 1 N–H and O–H groups in total. The first-order valence-corrected chi connectivity index (χ1v) is 12.3. The monoisotopic (exact) mass is 486 g/mol. The van der Waals surface area contributed by atoms with Crippen molar-refractivity contribution in [3.05, 3.63) is 88.4 Å². The van der Waals surface area contributed by atoms with Crippen LogP contribution in [0.25, 0.3) is 0 Å². The molecule has 7 rings (SSSR count). The van der Waals surface area contributed by atoms with Gasteiger partial charge in [0.25, 0.3) is 0 Å². The summed E-state index contributed by atoms with van der Waals surface area (Å²) < 4.78 is 11.0. The molecule has 4 heterocycles. The molecule has 2 fully saturated rings. The molecule has 6 nitrogen and oxygen atoms in total. The van der Waals surface area contributed by atoms with Crippen LogP contribution in [0.2, 0.25) is 5.02 Å². The lowest BCUT2D eigenvalue weighted by molar-refractivity contribution is -0.127. The van der Waals surface area contributed by atoms with Gasteiger partial charge in [0.05, 0.1) is 5.92 Å². The number of carbonyl (C=O) groups is 2. The number of rotatable bonds is 3. The van der Waals surface area contributed by atoms with E-state index in [1.165, 1.54) is 0 Å². The molecule has 7 heteroatoms. The third kappa shape index (κ3) is 2.81. The Morgan fingerprint density at radius 3 is 2.71 bits per heavy atom. The molecule has 4 aliphatic heterocycles. The van der Waals surface area contributed by atoms with E-state index in [9.17, 15) is 9.59 Å². The van der Waals surface area contributed by atoms with Gasteiger partial charge in [0.2, 0.25) is 12.7 Å². The van der Waals surface area contributed by atoms with Crippen LogP contribution in [0, 0.1) is 5.92 Å². The molecule has 4 aliphatic rings. The highest BCUT2D eigenvalue weighted by atomic mass is 35.5. The van der Waals surface area contributed by atoms with Crippen molar-refractivity contribution >= 4 is 29.0 Å². The number of nitrogens with zero attached hydrogens (tertiary/aromatic N) is 1. The molecule has 0 aliphatic carbocycles. The Morgan fingerprint density at radius 1 is 1.03 bits per heavy atom. The van der Waals surface area contributed by atoms with E-state index in [1.54, 1.807) is 24.3 Å². The first-order valence-electron chi connectivity index (χ1n) is 12.0. The molecule has 3 aromatic rings. The van der Waals surface area contributed by atoms with Crippen LogP contribution in [0.1, 0.15) is 40.2 Å². The molecule has 0 saturated carbocycles. The minimum absolute atomic E-state index is 0.0658. The molecule has 35 heavy (non-hydrogen) atoms. The lowest BCUT2D eigenvalue weighted by Gasteiger charge is -2.37. The van der Waals surface area contributed by atoms with E-state index in [0.29, 0.717) is 22.1 Å². The molecule has 4 atom stereocenters. The minimum atomic E-state index is -1.13. The number of anilines is 1. The maximum Gasteiger partial charge on any atom is 0.250 e. The summed E-state index contributed by atoms with van der Waals surface area (Å²) in [6, 6.07) is 21.0. The van der Waals surface area contributed by atoms with Gasteiger partial charge in [-0.3, -0.25) is 14.5 Å². The fraction of sp³-hybridized carbons (Fsp3) is 0.286. The van der Waals surface area contributed by atoms with Gasteiger partial charge < -0.3 is 14.8 Å². The van der Waals surface area contributed by atoms with E-state index in [0.717, 1.165) is 36.2 Å². The second-order valence-electron chi connectivity index (χ2n) is 9.66. The van der Waals surface area contributed by atoms with Crippen molar-refractivity contribution in [3.63, 3.8) is 0 Å². The number of carbonyl (C=O) groups excluding carboxylic acids is 2. The van der Waals surface area contributed by atoms with Crippen molar-refractivity contribution in [3.8, 4) is 11.5 Å². The van der Waals surface area contributed by atoms with Gasteiger partial charge in [-0.05, 0) is 61.3 Å². The van der Waals surface area contributed by atoms with Crippen LogP contribution in [0.4, 0.5) is 5.69 Å². The summed E-state index contributed by atoms with van der Waals surface area (Å²) in [5, 5.41) is 3.63. The third-order valence-electron chi connectivity index (χ3n) is 8.09. The van der Waals surface area contributed by atoms with Crippen LogP contribution in [0.3, 0.4) is 0 Å². The van der Waals surface area contributed by atoms with E-state index in [2.05, 4.69) is 22.3 Å². The number of amides is 1. The van der Waals surface area contributed by atoms with Gasteiger partial charge in [0.1, 0.15) is 5.54 Å². The molecule has 3 unspecified atom stereocenters. The van der Waals surface area contributed by atoms with Gasteiger partial charge in [0.15, 0.2) is 17.3 Å². The Balaban J connectivity index is 1.47. The first-order chi connectivity index (χ1) is 17.1. The van der Waals surface area contributed by atoms with Gasteiger partial charge in [-0.25, -0.2) is 0 Å². The number of Topliss-reactive ketones (excluding diaryl/α,β-unsaturated/α-hetero) is 1.